The SMILES string of the molecule is CS(=O)(=O)[C@H]1[C@@H](c2ccc(Cl)cc2)[C@@]1(CN)C(=O)O. The molecule has 2 rings (SSSR count). The van der Waals surface area contributed by atoms with E-state index in [1.54, 1.807) is 24.3 Å². The topological polar surface area (TPSA) is 97.5 Å². The molecule has 0 spiro atoms. The standard InChI is InChI=1S/C12H14ClNO4S/c1-19(17,18)10-9(12(10,6-14)11(15)16)7-2-4-8(13)5-3-7/h2-5,9-10H,6,14H2,1H3,(H,15,16)/t9-,10+,12-/m1/s1. The number of nitrogens with two attached hydrogens (primary N) is 1. The van der Waals surface area contributed by atoms with E-state index in [1.165, 1.54) is 0 Å². The molecule has 1 fully saturated rings. The lowest BCUT2D eigenvalue weighted by atomic mass is 9.99. The van der Waals surface area contributed by atoms with E-state index in [-0.39, 0.29) is 6.54 Å². The smallest absolute Gasteiger partial charge is 0.312 e. The fourth-order valence-corrected chi connectivity index (χ4v) is 4.81. The number of carboxylic acid groups (broad SMARTS) is 1. The number of carbonyl (C=O) groups is 1. The van der Waals surface area contributed by atoms with Crippen LogP contribution in [-0.2, 0) is 14.6 Å². The Morgan fingerprint density at radius 1 is 1.42 bits per heavy atom. The number of aliphatic carboxylic acids is 1. The van der Waals surface area contributed by atoms with E-state index >= 15 is 0 Å². The first-order valence-corrected chi connectivity index (χ1v) is 7.96. The molecule has 1 aromatic carbocycles. The summed E-state index contributed by atoms with van der Waals surface area (Å²) in [6.07, 6.45) is 1.04. The molecule has 3 N–H and O–H groups in total. The van der Waals surface area contributed by atoms with Gasteiger partial charge in [0.25, 0.3) is 0 Å². The van der Waals surface area contributed by atoms with Crippen LogP contribution < -0.4 is 5.73 Å². The predicted molar refractivity (Wildman–Crippen MR) is 71.9 cm³/mol. The van der Waals surface area contributed by atoms with Gasteiger partial charge in [0.1, 0.15) is 5.41 Å². The van der Waals surface area contributed by atoms with Gasteiger partial charge in [0, 0.05) is 23.7 Å². The summed E-state index contributed by atoms with van der Waals surface area (Å²) >= 11 is 5.77. The summed E-state index contributed by atoms with van der Waals surface area (Å²) in [5, 5.41) is 8.88. The summed E-state index contributed by atoms with van der Waals surface area (Å²) in [4.78, 5) is 11.5. The minimum atomic E-state index is -3.50. The van der Waals surface area contributed by atoms with Crippen molar-refractivity contribution in [3.63, 3.8) is 0 Å². The van der Waals surface area contributed by atoms with Gasteiger partial charge in [-0.15, -0.1) is 0 Å². The molecule has 0 unspecified atom stereocenters. The molecule has 1 aliphatic rings. The van der Waals surface area contributed by atoms with Crippen LogP contribution in [0.5, 0.6) is 0 Å². The molecule has 0 heterocycles. The zero-order chi connectivity index (χ0) is 14.4. The van der Waals surface area contributed by atoms with Crippen molar-refractivity contribution in [3.05, 3.63) is 34.9 Å². The molecule has 1 aromatic rings. The van der Waals surface area contributed by atoms with Crippen molar-refractivity contribution in [1.82, 2.24) is 0 Å². The first-order valence-electron chi connectivity index (χ1n) is 5.63. The van der Waals surface area contributed by atoms with Crippen molar-refractivity contribution in [2.24, 2.45) is 11.1 Å². The van der Waals surface area contributed by atoms with Crippen LogP contribution >= 0.6 is 11.6 Å². The van der Waals surface area contributed by atoms with E-state index in [4.69, 9.17) is 17.3 Å². The third kappa shape index (κ3) is 2.13. The number of benzene rings is 1. The molecule has 3 atom stereocenters. The van der Waals surface area contributed by atoms with Gasteiger partial charge in [-0.25, -0.2) is 8.42 Å². The van der Waals surface area contributed by atoms with Crippen molar-refractivity contribution < 1.29 is 18.3 Å². The summed E-state index contributed by atoms with van der Waals surface area (Å²) in [5.74, 6) is -1.80. The third-order valence-electron chi connectivity index (χ3n) is 3.68. The van der Waals surface area contributed by atoms with Crippen LogP contribution in [0.1, 0.15) is 11.5 Å². The van der Waals surface area contributed by atoms with Crippen LogP contribution in [0.3, 0.4) is 0 Å². The van der Waals surface area contributed by atoms with Gasteiger partial charge in [0.15, 0.2) is 9.84 Å². The summed E-state index contributed by atoms with van der Waals surface area (Å²) in [5.41, 5.74) is 4.75. The van der Waals surface area contributed by atoms with Crippen molar-refractivity contribution in [3.8, 4) is 0 Å². The zero-order valence-corrected chi connectivity index (χ0v) is 11.8. The third-order valence-corrected chi connectivity index (χ3v) is 5.55. The van der Waals surface area contributed by atoms with Crippen molar-refractivity contribution in [1.29, 1.82) is 0 Å². The lowest BCUT2D eigenvalue weighted by Gasteiger charge is -2.09. The maximum Gasteiger partial charge on any atom is 0.312 e. The van der Waals surface area contributed by atoms with Gasteiger partial charge in [0.05, 0.1) is 5.25 Å². The molecule has 0 amide bonds. The molecule has 1 saturated carbocycles. The Morgan fingerprint density at radius 3 is 2.26 bits per heavy atom. The lowest BCUT2D eigenvalue weighted by Crippen LogP contribution is -2.31. The number of hydrogen-bond acceptors (Lipinski definition) is 4. The van der Waals surface area contributed by atoms with Gasteiger partial charge in [-0.05, 0) is 17.7 Å². The Bertz CT molecular complexity index is 613. The highest BCUT2D eigenvalue weighted by Gasteiger charge is 2.74. The summed E-state index contributed by atoms with van der Waals surface area (Å²) in [7, 11) is -3.50. The molecule has 104 valence electrons. The van der Waals surface area contributed by atoms with Gasteiger partial charge in [0.2, 0.25) is 0 Å². The van der Waals surface area contributed by atoms with Crippen LogP contribution in [0.25, 0.3) is 0 Å². The second-order valence-corrected chi connectivity index (χ2v) is 7.43. The number of sulfone groups is 1. The molecule has 0 aromatic heterocycles. The van der Waals surface area contributed by atoms with Gasteiger partial charge < -0.3 is 10.8 Å². The van der Waals surface area contributed by atoms with E-state index in [9.17, 15) is 18.3 Å². The molecule has 0 aliphatic heterocycles. The molecule has 0 saturated heterocycles. The van der Waals surface area contributed by atoms with Crippen molar-refractivity contribution in [2.75, 3.05) is 12.8 Å². The second kappa shape index (κ2) is 4.47. The van der Waals surface area contributed by atoms with Gasteiger partial charge in [-0.1, -0.05) is 23.7 Å². The summed E-state index contributed by atoms with van der Waals surface area (Å²) in [6.45, 7) is -0.215. The van der Waals surface area contributed by atoms with Crippen LogP contribution in [0.2, 0.25) is 5.02 Å². The quantitative estimate of drug-likeness (QED) is 0.860. The normalized spacial score (nSPS) is 30.1. The molecule has 0 radical (unpaired) electrons. The highest BCUT2D eigenvalue weighted by atomic mass is 35.5. The molecule has 5 nitrogen and oxygen atoms in total. The van der Waals surface area contributed by atoms with E-state index in [0.717, 1.165) is 6.26 Å². The predicted octanol–water partition coefficient (Wildman–Crippen LogP) is 0.880. The average Bonchev–Trinajstić information content (AvgIpc) is 3.00. The number of carboxylic acids is 1. The maximum atomic E-state index is 11.8. The first-order chi connectivity index (χ1) is 8.75. The second-order valence-electron chi connectivity index (χ2n) is 4.83. The van der Waals surface area contributed by atoms with Crippen molar-refractivity contribution >= 4 is 27.4 Å². The number of hydrogen-bond donors (Lipinski definition) is 2. The summed E-state index contributed by atoms with van der Waals surface area (Å²) in [6, 6.07) is 6.51. The monoisotopic (exact) mass is 303 g/mol. The lowest BCUT2D eigenvalue weighted by molar-refractivity contribution is -0.143. The van der Waals surface area contributed by atoms with E-state index in [2.05, 4.69) is 0 Å². The van der Waals surface area contributed by atoms with Crippen LogP contribution in [0.4, 0.5) is 0 Å². The summed E-state index contributed by atoms with van der Waals surface area (Å²) < 4.78 is 23.6. The minimum Gasteiger partial charge on any atom is -0.481 e. The number of rotatable bonds is 4. The van der Waals surface area contributed by atoms with Crippen LogP contribution in [-0.4, -0.2) is 37.5 Å². The Balaban J connectivity index is 2.50. The van der Waals surface area contributed by atoms with Crippen LogP contribution in [0.15, 0.2) is 24.3 Å². The molecule has 19 heavy (non-hydrogen) atoms. The van der Waals surface area contributed by atoms with Gasteiger partial charge in [-0.2, -0.15) is 0 Å². The molecule has 7 heteroatoms. The Hall–Kier alpha value is -1.11. The Labute approximate surface area is 116 Å². The Morgan fingerprint density at radius 2 is 1.95 bits per heavy atom. The minimum absolute atomic E-state index is 0.215. The Kier molecular flexibility index (Phi) is 3.36. The van der Waals surface area contributed by atoms with Crippen molar-refractivity contribution in [2.45, 2.75) is 11.2 Å². The van der Waals surface area contributed by atoms with Crippen LogP contribution in [0, 0.1) is 5.41 Å². The molecule has 1 aliphatic carbocycles. The van der Waals surface area contributed by atoms with E-state index in [0.29, 0.717) is 10.6 Å². The molecular formula is C12H14ClNO4S. The highest BCUT2D eigenvalue weighted by molar-refractivity contribution is 7.91. The number of halogens is 1. The largest absolute Gasteiger partial charge is 0.481 e. The van der Waals surface area contributed by atoms with Gasteiger partial charge >= 0.3 is 5.97 Å². The zero-order valence-electron chi connectivity index (χ0n) is 10.2. The van der Waals surface area contributed by atoms with Gasteiger partial charge in [-0.3, -0.25) is 4.79 Å². The first kappa shape index (κ1) is 14.3. The van der Waals surface area contributed by atoms with E-state index < -0.39 is 32.4 Å². The average molecular weight is 304 g/mol. The highest BCUT2D eigenvalue weighted by Crippen LogP contribution is 2.62. The fraction of sp³-hybridized carbons (Fsp3) is 0.417. The maximum absolute atomic E-state index is 11.8. The fourth-order valence-electron chi connectivity index (χ4n) is 2.76. The molecule has 0 bridgehead atoms. The molecular weight excluding hydrogens is 290 g/mol. The van der Waals surface area contributed by atoms with E-state index in [1.807, 2.05) is 0 Å².